The molecule has 100 valence electrons. The molecular weight excluding hydrogens is 349 g/mol. The molecule has 1 N–H and O–H groups in total. The van der Waals surface area contributed by atoms with Crippen molar-refractivity contribution in [3.8, 4) is 11.4 Å². The first-order chi connectivity index (χ1) is 9.10. The van der Waals surface area contributed by atoms with Crippen LogP contribution in [0, 0.1) is 9.49 Å². The van der Waals surface area contributed by atoms with Gasteiger partial charge in [0.25, 0.3) is 0 Å². The summed E-state index contributed by atoms with van der Waals surface area (Å²) in [6.45, 7) is 4.46. The number of nitrogens with zero attached hydrogens (tertiary/aromatic N) is 2. The Hall–Kier alpha value is -1.17. The van der Waals surface area contributed by atoms with Gasteiger partial charge in [-0.1, -0.05) is 38.1 Å². The molecule has 0 fully saturated rings. The van der Waals surface area contributed by atoms with Gasteiger partial charge >= 0.3 is 0 Å². The molecule has 2 aromatic rings. The normalized spacial score (nSPS) is 10.8. The highest BCUT2D eigenvalue weighted by Gasteiger charge is 2.06. The topological polar surface area (TPSA) is 37.8 Å². The van der Waals surface area contributed by atoms with E-state index in [-0.39, 0.29) is 0 Å². The van der Waals surface area contributed by atoms with Gasteiger partial charge in [-0.3, -0.25) is 0 Å². The van der Waals surface area contributed by atoms with Crippen LogP contribution in [0.4, 0.5) is 5.82 Å². The van der Waals surface area contributed by atoms with Gasteiger partial charge in [-0.2, -0.15) is 0 Å². The van der Waals surface area contributed by atoms with Crippen molar-refractivity contribution in [2.24, 2.45) is 5.92 Å². The molecule has 2 rings (SSSR count). The molecular formula is C15H18IN3. The van der Waals surface area contributed by atoms with E-state index in [1.807, 2.05) is 13.2 Å². The van der Waals surface area contributed by atoms with Crippen LogP contribution in [-0.2, 0) is 6.42 Å². The molecule has 4 heteroatoms. The maximum absolute atomic E-state index is 4.52. The van der Waals surface area contributed by atoms with Gasteiger partial charge in [-0.15, -0.1) is 0 Å². The SMILES string of the molecule is CNc1nc(-c2ccc(CC(C)C)cc2)ncc1I. The van der Waals surface area contributed by atoms with Crippen LogP contribution in [0.2, 0.25) is 0 Å². The smallest absolute Gasteiger partial charge is 0.161 e. The molecule has 0 aliphatic carbocycles. The van der Waals surface area contributed by atoms with Crippen molar-refractivity contribution >= 4 is 28.4 Å². The van der Waals surface area contributed by atoms with Crippen LogP contribution >= 0.6 is 22.6 Å². The molecule has 0 aliphatic heterocycles. The molecule has 0 radical (unpaired) electrons. The number of nitrogens with one attached hydrogen (secondary N) is 1. The summed E-state index contributed by atoms with van der Waals surface area (Å²) in [6.07, 6.45) is 2.95. The quantitative estimate of drug-likeness (QED) is 0.831. The lowest BCUT2D eigenvalue weighted by Gasteiger charge is -2.07. The van der Waals surface area contributed by atoms with Crippen LogP contribution in [0.5, 0.6) is 0 Å². The Bertz CT molecular complexity index is 550. The van der Waals surface area contributed by atoms with Crippen molar-refractivity contribution in [1.29, 1.82) is 0 Å². The second-order valence-electron chi connectivity index (χ2n) is 4.94. The predicted octanol–water partition coefficient (Wildman–Crippen LogP) is 3.99. The highest BCUT2D eigenvalue weighted by atomic mass is 127. The molecule has 0 atom stereocenters. The molecule has 0 amide bonds. The van der Waals surface area contributed by atoms with E-state index in [1.165, 1.54) is 5.56 Å². The minimum Gasteiger partial charge on any atom is -0.372 e. The van der Waals surface area contributed by atoms with Gasteiger partial charge in [-0.05, 0) is 40.5 Å². The van der Waals surface area contributed by atoms with Gasteiger partial charge in [0.1, 0.15) is 5.82 Å². The van der Waals surface area contributed by atoms with E-state index >= 15 is 0 Å². The van der Waals surface area contributed by atoms with Gasteiger partial charge in [0.2, 0.25) is 0 Å². The summed E-state index contributed by atoms with van der Waals surface area (Å²) in [7, 11) is 1.88. The fourth-order valence-electron chi connectivity index (χ4n) is 1.94. The van der Waals surface area contributed by atoms with Crippen LogP contribution < -0.4 is 5.32 Å². The number of hydrogen-bond donors (Lipinski definition) is 1. The van der Waals surface area contributed by atoms with E-state index in [1.54, 1.807) is 0 Å². The van der Waals surface area contributed by atoms with Gasteiger partial charge in [0.15, 0.2) is 5.82 Å². The molecule has 0 saturated heterocycles. The Morgan fingerprint density at radius 1 is 1.21 bits per heavy atom. The number of rotatable bonds is 4. The summed E-state index contributed by atoms with van der Waals surface area (Å²) in [4.78, 5) is 8.91. The zero-order valence-corrected chi connectivity index (χ0v) is 13.6. The molecule has 1 heterocycles. The fraction of sp³-hybridized carbons (Fsp3) is 0.333. The predicted molar refractivity (Wildman–Crippen MR) is 88.3 cm³/mol. The Kier molecular flexibility index (Phi) is 4.74. The third-order valence-electron chi connectivity index (χ3n) is 2.84. The molecule has 0 unspecified atom stereocenters. The van der Waals surface area contributed by atoms with Gasteiger partial charge in [0.05, 0.1) is 3.57 Å². The van der Waals surface area contributed by atoms with Gasteiger partial charge in [-0.25, -0.2) is 9.97 Å². The Balaban J connectivity index is 2.27. The Labute approximate surface area is 128 Å². The molecule has 1 aromatic carbocycles. The van der Waals surface area contributed by atoms with Crippen molar-refractivity contribution in [3.05, 3.63) is 39.6 Å². The lowest BCUT2D eigenvalue weighted by atomic mass is 10.0. The van der Waals surface area contributed by atoms with Gasteiger partial charge < -0.3 is 5.32 Å². The lowest BCUT2D eigenvalue weighted by Crippen LogP contribution is -1.99. The van der Waals surface area contributed by atoms with E-state index in [4.69, 9.17) is 0 Å². The number of hydrogen-bond acceptors (Lipinski definition) is 3. The van der Waals surface area contributed by atoms with Crippen molar-refractivity contribution < 1.29 is 0 Å². The van der Waals surface area contributed by atoms with E-state index < -0.39 is 0 Å². The summed E-state index contributed by atoms with van der Waals surface area (Å²) < 4.78 is 1.03. The van der Waals surface area contributed by atoms with E-state index in [0.29, 0.717) is 5.92 Å². The maximum Gasteiger partial charge on any atom is 0.161 e. The molecule has 0 aliphatic rings. The third kappa shape index (κ3) is 3.65. The van der Waals surface area contributed by atoms with Crippen molar-refractivity contribution in [2.45, 2.75) is 20.3 Å². The summed E-state index contributed by atoms with van der Waals surface area (Å²) in [6, 6.07) is 8.52. The fourth-order valence-corrected chi connectivity index (χ4v) is 2.47. The monoisotopic (exact) mass is 367 g/mol. The summed E-state index contributed by atoms with van der Waals surface area (Å²) in [5.74, 6) is 2.31. The van der Waals surface area contributed by atoms with Crippen molar-refractivity contribution in [3.63, 3.8) is 0 Å². The largest absolute Gasteiger partial charge is 0.372 e. The van der Waals surface area contributed by atoms with Crippen LogP contribution in [-0.4, -0.2) is 17.0 Å². The van der Waals surface area contributed by atoms with Crippen LogP contribution in [0.15, 0.2) is 30.5 Å². The number of aromatic nitrogens is 2. The van der Waals surface area contributed by atoms with Crippen molar-refractivity contribution in [1.82, 2.24) is 9.97 Å². The van der Waals surface area contributed by atoms with Crippen LogP contribution in [0.1, 0.15) is 19.4 Å². The molecule has 19 heavy (non-hydrogen) atoms. The lowest BCUT2D eigenvalue weighted by molar-refractivity contribution is 0.647. The van der Waals surface area contributed by atoms with Gasteiger partial charge in [0, 0.05) is 18.8 Å². The first-order valence-electron chi connectivity index (χ1n) is 6.39. The second kappa shape index (κ2) is 6.32. The maximum atomic E-state index is 4.52. The first kappa shape index (κ1) is 14.2. The molecule has 0 bridgehead atoms. The van der Waals surface area contributed by atoms with E-state index in [0.717, 1.165) is 27.2 Å². The first-order valence-corrected chi connectivity index (χ1v) is 7.47. The highest BCUT2D eigenvalue weighted by molar-refractivity contribution is 14.1. The minimum atomic E-state index is 0.677. The Morgan fingerprint density at radius 2 is 1.89 bits per heavy atom. The number of benzene rings is 1. The molecule has 3 nitrogen and oxygen atoms in total. The average Bonchev–Trinajstić information content (AvgIpc) is 2.40. The summed E-state index contributed by atoms with van der Waals surface area (Å²) >= 11 is 2.23. The zero-order chi connectivity index (χ0) is 13.8. The molecule has 1 aromatic heterocycles. The number of anilines is 1. The number of halogens is 1. The minimum absolute atomic E-state index is 0.677. The zero-order valence-electron chi connectivity index (χ0n) is 11.4. The average molecular weight is 367 g/mol. The standard InChI is InChI=1S/C15H18IN3/c1-10(2)8-11-4-6-12(7-5-11)14-18-9-13(16)15(17-3)19-14/h4-7,9-10H,8H2,1-3H3,(H,17,18,19). The van der Waals surface area contributed by atoms with Crippen molar-refractivity contribution in [2.75, 3.05) is 12.4 Å². The molecule has 0 spiro atoms. The molecule has 0 saturated carbocycles. The Morgan fingerprint density at radius 3 is 2.47 bits per heavy atom. The summed E-state index contributed by atoms with van der Waals surface area (Å²) in [5.41, 5.74) is 2.42. The van der Waals surface area contributed by atoms with E-state index in [9.17, 15) is 0 Å². The van der Waals surface area contributed by atoms with E-state index in [2.05, 4.69) is 76.0 Å². The van der Waals surface area contributed by atoms with Crippen LogP contribution in [0.3, 0.4) is 0 Å². The van der Waals surface area contributed by atoms with Crippen LogP contribution in [0.25, 0.3) is 11.4 Å². The third-order valence-corrected chi connectivity index (χ3v) is 3.63. The second-order valence-corrected chi connectivity index (χ2v) is 6.10. The highest BCUT2D eigenvalue weighted by Crippen LogP contribution is 2.21. The summed E-state index contributed by atoms with van der Waals surface area (Å²) in [5, 5.41) is 3.08.